The average Bonchev–Trinajstić information content (AvgIpc) is 2.76. The number of fused-ring (bicyclic) bond motifs is 1. The van der Waals surface area contributed by atoms with Crippen LogP contribution in [0.4, 0.5) is 4.79 Å². The van der Waals surface area contributed by atoms with E-state index in [0.29, 0.717) is 26.1 Å². The monoisotopic (exact) mass is 281 g/mol. The van der Waals surface area contributed by atoms with Crippen LogP contribution in [0, 0.1) is 0 Å². The minimum atomic E-state index is -0.474. The second kappa shape index (κ2) is 5.83. The Morgan fingerprint density at radius 2 is 2.25 bits per heavy atom. The average molecular weight is 281 g/mol. The molecule has 0 atom stereocenters. The lowest BCUT2D eigenvalue weighted by Crippen LogP contribution is -2.40. The zero-order valence-electron chi connectivity index (χ0n) is 12.7. The number of hydrogen-bond acceptors (Lipinski definition) is 5. The van der Waals surface area contributed by atoms with Crippen LogP contribution in [0.3, 0.4) is 0 Å². The molecule has 1 aliphatic rings. The lowest BCUT2D eigenvalue weighted by molar-refractivity contribution is 0.0218. The Morgan fingerprint density at radius 3 is 2.90 bits per heavy atom. The van der Waals surface area contributed by atoms with Crippen molar-refractivity contribution in [3.05, 3.63) is 17.0 Å². The van der Waals surface area contributed by atoms with Crippen molar-refractivity contribution in [1.29, 1.82) is 0 Å². The van der Waals surface area contributed by atoms with Crippen LogP contribution in [0.5, 0.6) is 0 Å². The fraction of sp³-hybridized carbons (Fsp3) is 0.714. The summed E-state index contributed by atoms with van der Waals surface area (Å²) in [5.41, 5.74) is 1.43. The molecule has 0 saturated heterocycles. The van der Waals surface area contributed by atoms with Gasteiger partial charge in [-0.2, -0.15) is 0 Å². The van der Waals surface area contributed by atoms with Crippen LogP contribution in [0.1, 0.15) is 44.7 Å². The maximum absolute atomic E-state index is 12.1. The fourth-order valence-corrected chi connectivity index (χ4v) is 2.13. The minimum absolute atomic E-state index is 0.279. The van der Waals surface area contributed by atoms with Gasteiger partial charge in [0.05, 0.1) is 6.54 Å². The van der Waals surface area contributed by atoms with Gasteiger partial charge in [0.25, 0.3) is 0 Å². The van der Waals surface area contributed by atoms with Gasteiger partial charge in [0, 0.05) is 25.1 Å². The maximum atomic E-state index is 12.1. The van der Waals surface area contributed by atoms with Crippen molar-refractivity contribution in [1.82, 2.24) is 15.4 Å². The summed E-state index contributed by atoms with van der Waals surface area (Å²) in [4.78, 5) is 13.8. The molecule has 0 saturated carbocycles. The summed E-state index contributed by atoms with van der Waals surface area (Å²) in [7, 11) is 0. The second-order valence-electron chi connectivity index (χ2n) is 5.96. The van der Waals surface area contributed by atoms with Crippen molar-refractivity contribution in [3.63, 3.8) is 0 Å². The zero-order valence-corrected chi connectivity index (χ0v) is 12.7. The van der Waals surface area contributed by atoms with Gasteiger partial charge in [0.15, 0.2) is 0 Å². The van der Waals surface area contributed by atoms with Crippen molar-refractivity contribution in [2.24, 2.45) is 0 Å². The quantitative estimate of drug-likeness (QED) is 0.918. The number of carbonyl (C=O) groups excluding carboxylic acids is 1. The van der Waals surface area contributed by atoms with Gasteiger partial charge in [0.1, 0.15) is 17.1 Å². The molecule has 6 heteroatoms. The standard InChI is InChI=1S/C14H23N3O3/c1-5-15-8-11-10-9-17(7-6-12(10)20-16-11)13(18)19-14(2,3)4/h15H,5-9H2,1-4H3. The van der Waals surface area contributed by atoms with E-state index in [4.69, 9.17) is 9.26 Å². The van der Waals surface area contributed by atoms with Gasteiger partial charge in [0.2, 0.25) is 0 Å². The summed E-state index contributed by atoms with van der Waals surface area (Å²) in [6, 6.07) is 0. The summed E-state index contributed by atoms with van der Waals surface area (Å²) in [6.45, 7) is 10.3. The molecule has 0 fully saturated rings. The van der Waals surface area contributed by atoms with Crippen molar-refractivity contribution in [2.75, 3.05) is 13.1 Å². The highest BCUT2D eigenvalue weighted by Crippen LogP contribution is 2.23. The number of amides is 1. The van der Waals surface area contributed by atoms with Crippen LogP contribution in [0.25, 0.3) is 0 Å². The fourth-order valence-electron chi connectivity index (χ4n) is 2.13. The molecule has 1 aliphatic heterocycles. The van der Waals surface area contributed by atoms with Crippen molar-refractivity contribution >= 4 is 6.09 Å². The van der Waals surface area contributed by atoms with E-state index < -0.39 is 5.60 Å². The predicted molar refractivity (Wildman–Crippen MR) is 74.2 cm³/mol. The van der Waals surface area contributed by atoms with Gasteiger partial charge >= 0.3 is 6.09 Å². The molecule has 1 aromatic rings. The summed E-state index contributed by atoms with van der Waals surface area (Å²) in [5, 5.41) is 7.31. The van der Waals surface area contributed by atoms with E-state index in [9.17, 15) is 4.79 Å². The molecule has 0 unspecified atom stereocenters. The van der Waals surface area contributed by atoms with Crippen LogP contribution in [0.15, 0.2) is 4.52 Å². The zero-order chi connectivity index (χ0) is 14.8. The molecule has 1 amide bonds. The van der Waals surface area contributed by atoms with E-state index in [2.05, 4.69) is 10.5 Å². The number of aromatic nitrogens is 1. The van der Waals surface area contributed by atoms with E-state index in [1.807, 2.05) is 27.7 Å². The number of nitrogens with one attached hydrogen (secondary N) is 1. The molecule has 2 heterocycles. The Kier molecular flexibility index (Phi) is 4.32. The summed E-state index contributed by atoms with van der Waals surface area (Å²) in [5.74, 6) is 0.887. The molecule has 0 aliphatic carbocycles. The first kappa shape index (κ1) is 14.8. The van der Waals surface area contributed by atoms with Gasteiger partial charge in [-0.25, -0.2) is 4.79 Å². The summed E-state index contributed by atoms with van der Waals surface area (Å²) in [6.07, 6.45) is 0.409. The number of nitrogens with zero attached hydrogens (tertiary/aromatic N) is 2. The number of carbonyl (C=O) groups is 1. The third kappa shape index (κ3) is 3.50. The van der Waals surface area contributed by atoms with Crippen LogP contribution >= 0.6 is 0 Å². The molecule has 20 heavy (non-hydrogen) atoms. The van der Waals surface area contributed by atoms with Gasteiger partial charge in [-0.15, -0.1) is 0 Å². The van der Waals surface area contributed by atoms with Crippen molar-refractivity contribution in [2.45, 2.75) is 52.8 Å². The summed E-state index contributed by atoms with van der Waals surface area (Å²) >= 11 is 0. The molecule has 0 radical (unpaired) electrons. The molecule has 2 rings (SSSR count). The third-order valence-electron chi connectivity index (χ3n) is 3.10. The predicted octanol–water partition coefficient (Wildman–Crippen LogP) is 2.08. The largest absolute Gasteiger partial charge is 0.444 e. The lowest BCUT2D eigenvalue weighted by atomic mass is 10.1. The molecule has 0 bridgehead atoms. The van der Waals surface area contributed by atoms with E-state index in [0.717, 1.165) is 23.6 Å². The Hall–Kier alpha value is -1.56. The highest BCUT2D eigenvalue weighted by atomic mass is 16.6. The molecular weight excluding hydrogens is 258 g/mol. The van der Waals surface area contributed by atoms with E-state index in [1.54, 1.807) is 4.90 Å². The van der Waals surface area contributed by atoms with Gasteiger partial charge < -0.3 is 19.5 Å². The Bertz CT molecular complexity index is 476. The number of hydrogen-bond donors (Lipinski definition) is 1. The first-order valence-corrected chi connectivity index (χ1v) is 7.05. The van der Waals surface area contributed by atoms with Crippen LogP contribution in [-0.2, 0) is 24.2 Å². The van der Waals surface area contributed by atoms with E-state index in [1.165, 1.54) is 0 Å². The molecule has 112 valence electrons. The highest BCUT2D eigenvalue weighted by Gasteiger charge is 2.29. The SMILES string of the molecule is CCNCc1noc2c1CN(C(=O)OC(C)(C)C)CC2. The molecule has 6 nitrogen and oxygen atoms in total. The molecular formula is C14H23N3O3. The number of ether oxygens (including phenoxy) is 1. The smallest absolute Gasteiger partial charge is 0.410 e. The topological polar surface area (TPSA) is 67.6 Å². The Morgan fingerprint density at radius 1 is 1.50 bits per heavy atom. The Labute approximate surface area is 119 Å². The van der Waals surface area contributed by atoms with Crippen LogP contribution < -0.4 is 5.32 Å². The Balaban J connectivity index is 2.05. The first-order chi connectivity index (χ1) is 9.40. The first-order valence-electron chi connectivity index (χ1n) is 7.05. The van der Waals surface area contributed by atoms with Crippen molar-refractivity contribution in [3.8, 4) is 0 Å². The normalized spacial score (nSPS) is 15.1. The maximum Gasteiger partial charge on any atom is 0.410 e. The lowest BCUT2D eigenvalue weighted by Gasteiger charge is -2.29. The van der Waals surface area contributed by atoms with E-state index in [-0.39, 0.29) is 6.09 Å². The minimum Gasteiger partial charge on any atom is -0.444 e. The highest BCUT2D eigenvalue weighted by molar-refractivity contribution is 5.68. The van der Waals surface area contributed by atoms with Crippen LogP contribution in [-0.4, -0.2) is 34.8 Å². The van der Waals surface area contributed by atoms with Crippen LogP contribution in [0.2, 0.25) is 0 Å². The molecule has 0 aromatic carbocycles. The number of rotatable bonds is 3. The molecule has 0 spiro atoms. The van der Waals surface area contributed by atoms with E-state index >= 15 is 0 Å². The molecule has 1 N–H and O–H groups in total. The third-order valence-corrected chi connectivity index (χ3v) is 3.10. The summed E-state index contributed by atoms with van der Waals surface area (Å²) < 4.78 is 10.8. The second-order valence-corrected chi connectivity index (χ2v) is 5.96. The van der Waals surface area contributed by atoms with Gasteiger partial charge in [-0.1, -0.05) is 12.1 Å². The van der Waals surface area contributed by atoms with Gasteiger partial charge in [-0.05, 0) is 27.3 Å². The van der Waals surface area contributed by atoms with Gasteiger partial charge in [-0.3, -0.25) is 0 Å². The van der Waals surface area contributed by atoms with Crippen molar-refractivity contribution < 1.29 is 14.1 Å². The molecule has 1 aromatic heterocycles.